The highest BCUT2D eigenvalue weighted by molar-refractivity contribution is 6.80. The van der Waals surface area contributed by atoms with E-state index in [2.05, 4.69) is 6.92 Å². The van der Waals surface area contributed by atoms with Gasteiger partial charge in [-0.3, -0.25) is 0 Å². The topological polar surface area (TPSA) is 27.7 Å². The van der Waals surface area contributed by atoms with Gasteiger partial charge in [-0.05, 0) is 18.5 Å². The van der Waals surface area contributed by atoms with Crippen molar-refractivity contribution in [1.82, 2.24) is 0 Å². The van der Waals surface area contributed by atoms with Gasteiger partial charge in [0.2, 0.25) is 0 Å². The molecule has 0 aliphatic carbocycles. The second-order valence-electron chi connectivity index (χ2n) is 2.77. The van der Waals surface area contributed by atoms with Crippen LogP contribution in [0.25, 0.3) is 0 Å². The number of rotatable bonds is 5. The lowest BCUT2D eigenvalue weighted by Crippen LogP contribution is -2.54. The summed E-state index contributed by atoms with van der Waals surface area (Å²) in [5.74, 6) is 0. The third kappa shape index (κ3) is 2.38. The molecule has 11 heavy (non-hydrogen) atoms. The molecule has 66 valence electrons. The van der Waals surface area contributed by atoms with Gasteiger partial charge in [0.1, 0.15) is 0 Å². The van der Waals surface area contributed by atoms with Gasteiger partial charge in [-0.25, -0.2) is 0 Å². The number of hydrogen-bond donors (Lipinski definition) is 0. The van der Waals surface area contributed by atoms with E-state index >= 15 is 0 Å². The van der Waals surface area contributed by atoms with E-state index in [1.54, 1.807) is 7.11 Å². The van der Waals surface area contributed by atoms with Crippen LogP contribution in [-0.4, -0.2) is 32.3 Å². The van der Waals surface area contributed by atoms with Crippen molar-refractivity contribution in [3.8, 4) is 0 Å². The summed E-state index contributed by atoms with van der Waals surface area (Å²) in [5.41, 5.74) is 0. The summed E-state index contributed by atoms with van der Waals surface area (Å²) >= 11 is 0. The summed E-state index contributed by atoms with van der Waals surface area (Å²) in [5, 5.41) is 0. The molecule has 0 aromatic heterocycles. The van der Waals surface area contributed by atoms with Crippen molar-refractivity contribution in [2.24, 2.45) is 0 Å². The van der Waals surface area contributed by atoms with Crippen molar-refractivity contribution in [3.63, 3.8) is 0 Å². The quantitative estimate of drug-likeness (QED) is 0.470. The molecule has 0 aromatic carbocycles. The Morgan fingerprint density at radius 1 is 1.45 bits per heavy atom. The summed E-state index contributed by atoms with van der Waals surface area (Å²) in [6.45, 7) is 3.00. The monoisotopic (exact) mass is 192 g/mol. The van der Waals surface area contributed by atoms with E-state index in [9.17, 15) is 0 Å². The highest BCUT2D eigenvalue weighted by Gasteiger charge is 2.41. The smallest absolute Gasteiger partial charge is 0.319 e. The van der Waals surface area contributed by atoms with Crippen LogP contribution in [0.4, 0.5) is 0 Å². The van der Waals surface area contributed by atoms with E-state index in [1.165, 1.54) is 0 Å². The number of methoxy groups -OCH3 is 1. The van der Waals surface area contributed by atoms with E-state index < -0.39 is 18.6 Å². The van der Waals surface area contributed by atoms with Crippen molar-refractivity contribution in [2.75, 3.05) is 13.7 Å². The Kier molecular flexibility index (Phi) is 3.73. The maximum absolute atomic E-state index is 5.61. The van der Waals surface area contributed by atoms with Gasteiger partial charge in [0, 0.05) is 13.7 Å². The summed E-state index contributed by atoms with van der Waals surface area (Å²) in [7, 11) is -0.362. The lowest BCUT2D eigenvalue weighted by atomic mass is 10.5. The molecule has 1 rings (SSSR count). The normalized spacial score (nSPS) is 32.2. The van der Waals surface area contributed by atoms with Crippen LogP contribution >= 0.6 is 0 Å². The molecule has 0 saturated carbocycles. The second kappa shape index (κ2) is 4.37. The minimum atomic E-state index is -1.57. The molecule has 0 spiro atoms. The number of hydrogen-bond acceptors (Lipinski definition) is 3. The Bertz CT molecular complexity index is 111. The van der Waals surface area contributed by atoms with Crippen LogP contribution in [-0.2, 0) is 13.0 Å². The van der Waals surface area contributed by atoms with Gasteiger partial charge >= 0.3 is 8.56 Å². The lowest BCUT2D eigenvalue weighted by molar-refractivity contribution is 0.192. The standard InChI is InChI=1S/C6H16O3Si2/c1-3-11(8-10-9-11)6-4-5-7-2/h3-6,10H2,1-2H3. The minimum absolute atomic E-state index is 0.524. The molecule has 5 heteroatoms. The average Bonchev–Trinajstić information content (AvgIpc) is 1.95. The Labute approximate surface area is 71.3 Å². The maximum Gasteiger partial charge on any atom is 0.319 e. The minimum Gasteiger partial charge on any atom is -0.420 e. The Balaban J connectivity index is 2.11. The first-order valence-corrected chi connectivity index (χ1v) is 7.48. The van der Waals surface area contributed by atoms with Crippen molar-refractivity contribution in [1.29, 1.82) is 0 Å². The third-order valence-electron chi connectivity index (χ3n) is 2.09. The highest BCUT2D eigenvalue weighted by atomic mass is 28.5. The molecule has 0 bridgehead atoms. The zero-order valence-corrected chi connectivity index (χ0v) is 9.67. The van der Waals surface area contributed by atoms with Crippen LogP contribution in [0.2, 0.25) is 12.1 Å². The SMILES string of the molecule is CC[Si]1(CCCOC)O[SiH2]O1. The fraction of sp³-hybridized carbons (Fsp3) is 1.00. The lowest BCUT2D eigenvalue weighted by Gasteiger charge is -2.38. The molecule has 0 radical (unpaired) electrons. The van der Waals surface area contributed by atoms with Gasteiger partial charge in [0.25, 0.3) is 10.0 Å². The predicted molar refractivity (Wildman–Crippen MR) is 48.2 cm³/mol. The average molecular weight is 192 g/mol. The van der Waals surface area contributed by atoms with Crippen molar-refractivity contribution >= 4 is 18.6 Å². The van der Waals surface area contributed by atoms with E-state index in [-0.39, 0.29) is 0 Å². The van der Waals surface area contributed by atoms with Gasteiger partial charge in [-0.15, -0.1) is 0 Å². The van der Waals surface area contributed by atoms with Crippen LogP contribution in [0, 0.1) is 0 Å². The predicted octanol–water partition coefficient (Wildman–Crippen LogP) is 0.531. The maximum atomic E-state index is 5.61. The van der Waals surface area contributed by atoms with E-state index in [4.69, 9.17) is 13.0 Å². The van der Waals surface area contributed by atoms with Crippen LogP contribution in [0.1, 0.15) is 13.3 Å². The Morgan fingerprint density at radius 2 is 2.18 bits per heavy atom. The van der Waals surface area contributed by atoms with E-state index in [0.717, 1.165) is 25.1 Å². The molecule has 1 fully saturated rings. The fourth-order valence-electron chi connectivity index (χ4n) is 1.24. The molecule has 3 nitrogen and oxygen atoms in total. The largest absolute Gasteiger partial charge is 0.420 e. The van der Waals surface area contributed by atoms with Crippen molar-refractivity contribution < 1.29 is 13.0 Å². The molecule has 1 aliphatic heterocycles. The summed E-state index contributed by atoms with van der Waals surface area (Å²) in [6.07, 6.45) is 1.09. The highest BCUT2D eigenvalue weighted by Crippen LogP contribution is 2.26. The molecular weight excluding hydrogens is 176 g/mol. The van der Waals surface area contributed by atoms with Gasteiger partial charge in [0.15, 0.2) is 0 Å². The zero-order valence-electron chi connectivity index (χ0n) is 7.26. The molecule has 0 unspecified atom stereocenters. The summed E-state index contributed by atoms with van der Waals surface area (Å²) < 4.78 is 16.2. The fourth-order valence-corrected chi connectivity index (χ4v) is 6.87. The zero-order chi connectivity index (χ0) is 8.16. The van der Waals surface area contributed by atoms with Crippen molar-refractivity contribution in [2.45, 2.75) is 25.4 Å². The van der Waals surface area contributed by atoms with Crippen molar-refractivity contribution in [3.05, 3.63) is 0 Å². The first-order chi connectivity index (χ1) is 5.33. The first kappa shape index (κ1) is 9.40. The molecular formula is C6H16O3Si2. The van der Waals surface area contributed by atoms with Crippen LogP contribution in [0.3, 0.4) is 0 Å². The molecule has 0 atom stereocenters. The molecule has 0 N–H and O–H groups in total. The first-order valence-electron chi connectivity index (χ1n) is 4.10. The second-order valence-corrected chi connectivity index (χ2v) is 8.34. The molecule has 0 aromatic rings. The Morgan fingerprint density at radius 3 is 2.55 bits per heavy atom. The number of ether oxygens (including phenoxy) is 1. The molecule has 1 saturated heterocycles. The van der Waals surface area contributed by atoms with E-state index in [1.807, 2.05) is 0 Å². The van der Waals surface area contributed by atoms with Crippen LogP contribution in [0.15, 0.2) is 0 Å². The molecule has 1 heterocycles. The van der Waals surface area contributed by atoms with E-state index in [0.29, 0.717) is 0 Å². The third-order valence-corrected chi connectivity index (χ3v) is 9.43. The van der Waals surface area contributed by atoms with Gasteiger partial charge in [-0.1, -0.05) is 6.92 Å². The molecule has 1 aliphatic rings. The Hall–Kier alpha value is 0.314. The summed E-state index contributed by atoms with van der Waals surface area (Å²) in [4.78, 5) is 0. The van der Waals surface area contributed by atoms with Crippen LogP contribution < -0.4 is 0 Å². The summed E-state index contributed by atoms with van der Waals surface area (Å²) in [6, 6.07) is 2.22. The van der Waals surface area contributed by atoms with Gasteiger partial charge in [-0.2, -0.15) is 0 Å². The van der Waals surface area contributed by atoms with Gasteiger partial charge in [0.05, 0.1) is 0 Å². The van der Waals surface area contributed by atoms with Crippen LogP contribution in [0.5, 0.6) is 0 Å². The molecule has 0 amide bonds. The van der Waals surface area contributed by atoms with Gasteiger partial charge < -0.3 is 13.0 Å².